The lowest BCUT2D eigenvalue weighted by Crippen LogP contribution is -2.37. The molecule has 1 saturated carbocycles. The molecule has 3 aliphatic heterocycles. The maximum absolute atomic E-state index is 12.8. The second-order valence-corrected chi connectivity index (χ2v) is 10.9. The Kier molecular flexibility index (Phi) is 6.78. The molecule has 2 saturated heterocycles. The van der Waals surface area contributed by atoms with Gasteiger partial charge in [-0.1, -0.05) is 25.8 Å². The number of hydrogen-bond donors (Lipinski definition) is 3. The monoisotopic (exact) mass is 515 g/mol. The second-order valence-electron chi connectivity index (χ2n) is 10.9. The number of rotatable bonds is 6. The lowest BCUT2D eigenvalue weighted by molar-refractivity contribution is -0.118. The normalized spacial score (nSPS) is 23.4. The fraction of sp³-hybridized carbons (Fsp3) is 0.517. The maximum Gasteiger partial charge on any atom is 0.267 e. The third-order valence-corrected chi connectivity index (χ3v) is 8.50. The highest BCUT2D eigenvalue weighted by molar-refractivity contribution is 5.94. The summed E-state index contributed by atoms with van der Waals surface area (Å²) in [6.07, 6.45) is 12.8. The van der Waals surface area contributed by atoms with Crippen LogP contribution in [-0.2, 0) is 4.79 Å². The van der Waals surface area contributed by atoms with Crippen LogP contribution in [0.5, 0.6) is 0 Å². The van der Waals surface area contributed by atoms with Crippen molar-refractivity contribution in [3.63, 3.8) is 0 Å². The third kappa shape index (κ3) is 4.64. The third-order valence-electron chi connectivity index (χ3n) is 8.50. The van der Waals surface area contributed by atoms with E-state index in [1.54, 1.807) is 13.2 Å². The summed E-state index contributed by atoms with van der Waals surface area (Å²) in [6.45, 7) is 2.83. The first-order chi connectivity index (χ1) is 18.5. The Hall–Kier alpha value is -3.46. The first-order valence-electron chi connectivity index (χ1n) is 14.1. The van der Waals surface area contributed by atoms with Gasteiger partial charge in [0, 0.05) is 43.4 Å². The summed E-state index contributed by atoms with van der Waals surface area (Å²) < 4.78 is 2.15. The molecule has 2 aromatic heterocycles. The Bertz CT molecular complexity index is 1390. The molecule has 200 valence electrons. The lowest BCUT2D eigenvalue weighted by atomic mass is 10.1. The van der Waals surface area contributed by atoms with Gasteiger partial charge in [-0.05, 0) is 62.3 Å². The molecular weight excluding hydrogens is 478 g/mol. The van der Waals surface area contributed by atoms with Crippen LogP contribution in [0.3, 0.4) is 0 Å². The van der Waals surface area contributed by atoms with Crippen molar-refractivity contribution in [3.8, 4) is 0 Å². The van der Waals surface area contributed by atoms with E-state index in [-0.39, 0.29) is 17.9 Å². The number of allylic oxidation sites excluding steroid dienone is 1. The van der Waals surface area contributed by atoms with Crippen molar-refractivity contribution in [1.29, 1.82) is 0 Å². The quantitative estimate of drug-likeness (QED) is 0.549. The Balaban J connectivity index is 1.31. The SMILES string of the molecule is CCC1=C(Nc2ccc(N3C[C@H]4CC[C@@H](CC3=O)N4)cn2)N=c2c(cc(C(=O)NC)n2C2CCCC2)=CC1. The van der Waals surface area contributed by atoms with E-state index in [0.717, 1.165) is 60.7 Å². The average molecular weight is 516 g/mol. The zero-order valence-electron chi connectivity index (χ0n) is 22.3. The highest BCUT2D eigenvalue weighted by Crippen LogP contribution is 2.30. The van der Waals surface area contributed by atoms with Gasteiger partial charge in [0.2, 0.25) is 5.91 Å². The molecular formula is C29H37N7O2. The number of pyridine rings is 1. The fourth-order valence-corrected chi connectivity index (χ4v) is 6.42. The van der Waals surface area contributed by atoms with Gasteiger partial charge < -0.3 is 25.4 Å². The minimum atomic E-state index is -0.0773. The van der Waals surface area contributed by atoms with Crippen molar-refractivity contribution >= 4 is 29.4 Å². The Morgan fingerprint density at radius 1 is 1.16 bits per heavy atom. The Morgan fingerprint density at radius 2 is 1.97 bits per heavy atom. The predicted octanol–water partition coefficient (Wildman–Crippen LogP) is 2.75. The van der Waals surface area contributed by atoms with E-state index < -0.39 is 0 Å². The zero-order chi connectivity index (χ0) is 26.2. The van der Waals surface area contributed by atoms with Gasteiger partial charge in [0.25, 0.3) is 5.91 Å². The fourth-order valence-electron chi connectivity index (χ4n) is 6.42. The zero-order valence-corrected chi connectivity index (χ0v) is 22.3. The molecule has 2 amide bonds. The minimum Gasteiger partial charge on any atom is -0.354 e. The largest absolute Gasteiger partial charge is 0.354 e. The van der Waals surface area contributed by atoms with Gasteiger partial charge in [-0.2, -0.15) is 0 Å². The number of anilines is 2. The smallest absolute Gasteiger partial charge is 0.267 e. The number of fused-ring (bicyclic) bond motifs is 3. The second kappa shape index (κ2) is 10.4. The first-order valence-corrected chi connectivity index (χ1v) is 14.1. The summed E-state index contributed by atoms with van der Waals surface area (Å²) in [7, 11) is 1.68. The summed E-state index contributed by atoms with van der Waals surface area (Å²) in [5.74, 6) is 1.56. The molecule has 0 unspecified atom stereocenters. The van der Waals surface area contributed by atoms with Gasteiger partial charge >= 0.3 is 0 Å². The van der Waals surface area contributed by atoms with Crippen molar-refractivity contribution in [1.82, 2.24) is 20.2 Å². The molecule has 2 atom stereocenters. The van der Waals surface area contributed by atoms with Crippen LogP contribution in [0.1, 0.15) is 81.2 Å². The first kappa shape index (κ1) is 24.9. The number of nitrogens with zero attached hydrogens (tertiary/aromatic N) is 4. The molecule has 9 heteroatoms. The van der Waals surface area contributed by atoms with Crippen LogP contribution in [-0.4, -0.2) is 47.0 Å². The van der Waals surface area contributed by atoms with Gasteiger partial charge in [-0.25, -0.2) is 9.98 Å². The number of carbonyl (C=O) groups is 2. The molecule has 5 heterocycles. The van der Waals surface area contributed by atoms with Crippen molar-refractivity contribution < 1.29 is 9.59 Å². The van der Waals surface area contributed by atoms with E-state index in [1.165, 1.54) is 18.4 Å². The van der Waals surface area contributed by atoms with E-state index >= 15 is 0 Å². The van der Waals surface area contributed by atoms with E-state index in [2.05, 4.69) is 38.5 Å². The molecule has 0 aromatic carbocycles. The summed E-state index contributed by atoms with van der Waals surface area (Å²) in [5.41, 5.74) is 3.54. The molecule has 9 nitrogen and oxygen atoms in total. The van der Waals surface area contributed by atoms with Crippen LogP contribution in [0, 0.1) is 0 Å². The van der Waals surface area contributed by atoms with E-state index in [9.17, 15) is 9.59 Å². The van der Waals surface area contributed by atoms with Crippen LogP contribution in [0.25, 0.3) is 6.08 Å². The summed E-state index contributed by atoms with van der Waals surface area (Å²) in [6, 6.07) is 6.82. The van der Waals surface area contributed by atoms with Gasteiger partial charge in [0.15, 0.2) is 0 Å². The summed E-state index contributed by atoms with van der Waals surface area (Å²) in [4.78, 5) is 37.3. The molecule has 4 aliphatic rings. The summed E-state index contributed by atoms with van der Waals surface area (Å²) in [5, 5.41) is 10.8. The van der Waals surface area contributed by atoms with Gasteiger partial charge in [0.05, 0.1) is 11.9 Å². The molecule has 2 bridgehead atoms. The summed E-state index contributed by atoms with van der Waals surface area (Å²) >= 11 is 0. The molecule has 38 heavy (non-hydrogen) atoms. The highest BCUT2D eigenvalue weighted by Gasteiger charge is 2.34. The van der Waals surface area contributed by atoms with Crippen LogP contribution < -0.4 is 31.6 Å². The van der Waals surface area contributed by atoms with E-state index in [4.69, 9.17) is 4.99 Å². The molecule has 3 N–H and O–H groups in total. The molecule has 3 fully saturated rings. The number of aromatic nitrogens is 2. The minimum absolute atomic E-state index is 0.0773. The van der Waals surface area contributed by atoms with Crippen LogP contribution in [0.15, 0.2) is 40.8 Å². The average Bonchev–Trinajstić information content (AvgIpc) is 3.63. The van der Waals surface area contributed by atoms with Crippen LogP contribution in [0.4, 0.5) is 11.5 Å². The van der Waals surface area contributed by atoms with Crippen molar-refractivity contribution in [2.45, 2.75) is 82.8 Å². The molecule has 2 aromatic rings. The van der Waals surface area contributed by atoms with Crippen molar-refractivity contribution in [2.24, 2.45) is 4.99 Å². The number of nitrogens with one attached hydrogen (secondary N) is 3. The van der Waals surface area contributed by atoms with Gasteiger partial charge in [-0.3, -0.25) is 9.59 Å². The molecule has 1 aliphatic carbocycles. The lowest BCUT2D eigenvalue weighted by Gasteiger charge is -2.24. The van der Waals surface area contributed by atoms with Crippen molar-refractivity contribution in [3.05, 3.63) is 52.2 Å². The number of hydrogen-bond acceptors (Lipinski definition) is 6. The van der Waals surface area contributed by atoms with Gasteiger partial charge in [-0.15, -0.1) is 0 Å². The molecule has 0 spiro atoms. The molecule has 6 rings (SSSR count). The predicted molar refractivity (Wildman–Crippen MR) is 147 cm³/mol. The number of carbonyl (C=O) groups excluding carboxylic acids is 2. The Morgan fingerprint density at radius 3 is 2.71 bits per heavy atom. The maximum atomic E-state index is 12.8. The van der Waals surface area contributed by atoms with Crippen molar-refractivity contribution in [2.75, 3.05) is 23.8 Å². The van der Waals surface area contributed by atoms with Crippen LogP contribution >= 0.6 is 0 Å². The van der Waals surface area contributed by atoms with Crippen LogP contribution in [0.2, 0.25) is 0 Å². The standard InChI is InChI=1S/C29H37N7O2/c1-3-18-8-9-19-14-24(29(38)30-2)36(22-6-4-5-7-22)28(19)34-27(18)33-25-13-12-23(16-31-25)35-17-21-11-10-20(32-21)15-26(35)37/h9,12-14,16,20-22,32H,3-8,10-11,15,17H2,1-2H3,(H,30,38)(H,31,33)/t20-,21+/m0/s1. The van der Waals surface area contributed by atoms with Gasteiger partial charge in [0.1, 0.15) is 22.8 Å². The van der Waals surface area contributed by atoms with E-state index in [0.29, 0.717) is 36.6 Å². The number of amides is 2. The molecule has 0 radical (unpaired) electrons. The van der Waals surface area contributed by atoms with E-state index in [1.807, 2.05) is 23.1 Å². The highest BCUT2D eigenvalue weighted by atomic mass is 16.2. The topological polar surface area (TPSA) is 104 Å². The Labute approximate surface area is 223 Å².